The van der Waals surface area contributed by atoms with Crippen molar-refractivity contribution in [3.05, 3.63) is 95.8 Å². The summed E-state index contributed by atoms with van der Waals surface area (Å²) in [6.07, 6.45) is 1.87. The molecule has 0 unspecified atom stereocenters. The maximum absolute atomic E-state index is 13.7. The molecule has 0 bridgehead atoms. The molecule has 2 aliphatic heterocycles. The second-order valence-corrected chi connectivity index (χ2v) is 9.04. The number of hydrogen-bond donors (Lipinski definition) is 1. The van der Waals surface area contributed by atoms with Gasteiger partial charge in [-0.25, -0.2) is 4.39 Å². The van der Waals surface area contributed by atoms with Crippen LogP contribution in [0.5, 0.6) is 0 Å². The minimum atomic E-state index is -0.394. The van der Waals surface area contributed by atoms with E-state index in [0.29, 0.717) is 18.7 Å². The number of carbonyl (C=O) groups excluding carboxylic acids is 1. The van der Waals surface area contributed by atoms with Crippen molar-refractivity contribution in [1.82, 2.24) is 9.80 Å². The molecule has 2 fully saturated rings. The van der Waals surface area contributed by atoms with Gasteiger partial charge in [-0.15, -0.1) is 0 Å². The van der Waals surface area contributed by atoms with E-state index in [9.17, 15) is 14.3 Å². The molecule has 0 aliphatic carbocycles. The third-order valence-electron chi connectivity index (χ3n) is 7.13. The molecule has 33 heavy (non-hydrogen) atoms. The lowest BCUT2D eigenvalue weighted by Gasteiger charge is -2.57. The maximum atomic E-state index is 13.7. The lowest BCUT2D eigenvalue weighted by atomic mass is 9.74. The number of aliphatic hydroxyl groups excluding tert-OH is 1. The van der Waals surface area contributed by atoms with Gasteiger partial charge >= 0.3 is 0 Å². The van der Waals surface area contributed by atoms with Crippen LogP contribution in [0.25, 0.3) is 11.1 Å². The molecule has 0 saturated carbocycles. The first kappa shape index (κ1) is 21.8. The molecule has 1 amide bonds. The van der Waals surface area contributed by atoms with Crippen molar-refractivity contribution in [2.75, 3.05) is 26.2 Å². The molecule has 4 nitrogen and oxygen atoms in total. The SMILES string of the molecule is O=C(c1cccc(F)c1)N1CCCCN2[C@H](CO)[C@@H](c3ccc(-c4ccccc4)cc3)[C@@H]2C1. The highest BCUT2D eigenvalue weighted by Crippen LogP contribution is 2.42. The first-order valence-corrected chi connectivity index (χ1v) is 11.7. The Kier molecular flexibility index (Phi) is 6.25. The normalized spacial score (nSPS) is 23.2. The van der Waals surface area contributed by atoms with Gasteiger partial charge in [0.2, 0.25) is 0 Å². The molecule has 2 saturated heterocycles. The van der Waals surface area contributed by atoms with E-state index in [2.05, 4.69) is 41.3 Å². The maximum Gasteiger partial charge on any atom is 0.254 e. The number of fused-ring (bicyclic) bond motifs is 1. The zero-order valence-electron chi connectivity index (χ0n) is 18.6. The highest BCUT2D eigenvalue weighted by Gasteiger charge is 2.49. The number of carbonyl (C=O) groups is 1. The van der Waals surface area contributed by atoms with Gasteiger partial charge in [0.05, 0.1) is 6.61 Å². The third kappa shape index (κ3) is 4.31. The van der Waals surface area contributed by atoms with Crippen molar-refractivity contribution in [2.45, 2.75) is 30.8 Å². The molecule has 2 aliphatic rings. The number of hydrogen-bond acceptors (Lipinski definition) is 3. The van der Waals surface area contributed by atoms with E-state index < -0.39 is 5.82 Å². The van der Waals surface area contributed by atoms with Gasteiger partial charge in [-0.1, -0.05) is 60.7 Å². The molecule has 1 N–H and O–H groups in total. The summed E-state index contributed by atoms with van der Waals surface area (Å²) in [5.74, 6) is -0.363. The Morgan fingerprint density at radius 2 is 1.64 bits per heavy atom. The summed E-state index contributed by atoms with van der Waals surface area (Å²) < 4.78 is 13.7. The summed E-state index contributed by atoms with van der Waals surface area (Å²) in [7, 11) is 0. The summed E-state index contributed by atoms with van der Waals surface area (Å²) in [6.45, 7) is 2.27. The average molecular weight is 445 g/mol. The topological polar surface area (TPSA) is 43.8 Å². The monoisotopic (exact) mass is 444 g/mol. The van der Waals surface area contributed by atoms with Crippen LogP contribution in [-0.2, 0) is 0 Å². The Hall–Kier alpha value is -3.02. The van der Waals surface area contributed by atoms with E-state index in [1.807, 2.05) is 23.1 Å². The van der Waals surface area contributed by atoms with E-state index in [4.69, 9.17) is 0 Å². The van der Waals surface area contributed by atoms with Crippen LogP contribution in [0.1, 0.15) is 34.7 Å². The van der Waals surface area contributed by atoms with E-state index in [-0.39, 0.29) is 30.5 Å². The molecule has 3 aromatic carbocycles. The highest BCUT2D eigenvalue weighted by atomic mass is 19.1. The Morgan fingerprint density at radius 1 is 0.909 bits per heavy atom. The summed E-state index contributed by atoms with van der Waals surface area (Å²) in [5, 5.41) is 10.2. The Bertz CT molecular complexity index is 1100. The fraction of sp³-hybridized carbons (Fsp3) is 0.321. The van der Waals surface area contributed by atoms with Gasteiger partial charge in [0.1, 0.15) is 5.82 Å². The second kappa shape index (κ2) is 9.46. The van der Waals surface area contributed by atoms with Gasteiger partial charge in [-0.2, -0.15) is 0 Å². The number of benzene rings is 3. The van der Waals surface area contributed by atoms with Crippen molar-refractivity contribution >= 4 is 5.91 Å². The predicted octanol–water partition coefficient (Wildman–Crippen LogP) is 4.56. The van der Waals surface area contributed by atoms with Crippen LogP contribution in [0, 0.1) is 5.82 Å². The second-order valence-electron chi connectivity index (χ2n) is 9.04. The summed E-state index contributed by atoms with van der Waals surface area (Å²) in [5.41, 5.74) is 3.92. The van der Waals surface area contributed by atoms with Crippen molar-refractivity contribution in [3.8, 4) is 11.1 Å². The minimum absolute atomic E-state index is 0.0572. The Morgan fingerprint density at radius 3 is 2.36 bits per heavy atom. The van der Waals surface area contributed by atoms with E-state index in [0.717, 1.165) is 24.9 Å². The van der Waals surface area contributed by atoms with Gasteiger partial charge in [0, 0.05) is 36.7 Å². The molecular weight excluding hydrogens is 415 g/mol. The van der Waals surface area contributed by atoms with Crippen LogP contribution in [0.2, 0.25) is 0 Å². The Labute approximate surface area is 194 Å². The molecule has 5 rings (SSSR count). The van der Waals surface area contributed by atoms with Crippen molar-refractivity contribution in [2.24, 2.45) is 0 Å². The quantitative estimate of drug-likeness (QED) is 0.642. The molecule has 0 radical (unpaired) electrons. The fourth-order valence-corrected chi connectivity index (χ4v) is 5.46. The van der Waals surface area contributed by atoms with E-state index in [1.54, 1.807) is 12.1 Å². The number of nitrogens with zero attached hydrogens (tertiary/aromatic N) is 2. The highest BCUT2D eigenvalue weighted by molar-refractivity contribution is 5.94. The number of halogens is 1. The molecule has 5 heteroatoms. The number of amides is 1. The molecule has 0 spiro atoms. The first-order chi connectivity index (χ1) is 16.2. The van der Waals surface area contributed by atoms with Gasteiger partial charge in [-0.05, 0) is 54.3 Å². The summed E-state index contributed by atoms with van der Waals surface area (Å²) >= 11 is 0. The van der Waals surface area contributed by atoms with Crippen LogP contribution in [0.4, 0.5) is 4.39 Å². The zero-order valence-corrected chi connectivity index (χ0v) is 18.6. The lowest BCUT2D eigenvalue weighted by Crippen LogP contribution is -2.67. The average Bonchev–Trinajstić information content (AvgIpc) is 2.83. The fourth-order valence-electron chi connectivity index (χ4n) is 5.46. The standard InChI is InChI=1S/C28H29FN2O2/c29-24-10-6-9-23(17-24)28(33)30-15-4-5-16-31-25(18-30)27(26(31)19-32)22-13-11-21(12-14-22)20-7-2-1-3-8-20/h1-3,6-14,17,25-27,32H,4-5,15-16,18-19H2/t25-,26+,27-/m0/s1. The third-order valence-corrected chi connectivity index (χ3v) is 7.13. The van der Waals surface area contributed by atoms with Crippen molar-refractivity contribution in [3.63, 3.8) is 0 Å². The Balaban J connectivity index is 1.39. The molecule has 170 valence electrons. The predicted molar refractivity (Wildman–Crippen MR) is 128 cm³/mol. The van der Waals surface area contributed by atoms with Crippen molar-refractivity contribution in [1.29, 1.82) is 0 Å². The smallest absolute Gasteiger partial charge is 0.254 e. The van der Waals surface area contributed by atoms with Crippen LogP contribution < -0.4 is 0 Å². The van der Waals surface area contributed by atoms with Crippen LogP contribution in [0.3, 0.4) is 0 Å². The largest absolute Gasteiger partial charge is 0.395 e. The lowest BCUT2D eigenvalue weighted by molar-refractivity contribution is -0.0606. The zero-order chi connectivity index (χ0) is 22.8. The number of rotatable bonds is 4. The van der Waals surface area contributed by atoms with E-state index >= 15 is 0 Å². The van der Waals surface area contributed by atoms with Crippen LogP contribution in [0.15, 0.2) is 78.9 Å². The first-order valence-electron chi connectivity index (χ1n) is 11.7. The molecule has 3 atom stereocenters. The van der Waals surface area contributed by atoms with Gasteiger partial charge in [0.25, 0.3) is 5.91 Å². The molecular formula is C28H29FN2O2. The molecule has 2 heterocycles. The van der Waals surface area contributed by atoms with Crippen molar-refractivity contribution < 1.29 is 14.3 Å². The molecule has 3 aromatic rings. The van der Waals surface area contributed by atoms with Gasteiger partial charge in [-0.3, -0.25) is 9.69 Å². The van der Waals surface area contributed by atoms with Crippen LogP contribution >= 0.6 is 0 Å². The summed E-state index contributed by atoms with van der Waals surface area (Å²) in [6, 6.07) is 25.0. The number of aliphatic hydroxyl groups is 1. The molecule has 0 aromatic heterocycles. The van der Waals surface area contributed by atoms with E-state index in [1.165, 1.54) is 23.3 Å². The van der Waals surface area contributed by atoms with Crippen LogP contribution in [-0.4, -0.2) is 59.1 Å². The van der Waals surface area contributed by atoms with Gasteiger partial charge in [0.15, 0.2) is 0 Å². The van der Waals surface area contributed by atoms with Gasteiger partial charge < -0.3 is 10.0 Å². The summed E-state index contributed by atoms with van der Waals surface area (Å²) in [4.78, 5) is 17.4. The minimum Gasteiger partial charge on any atom is -0.395 e.